The molecule has 6 nitrogen and oxygen atoms in total. The number of aryl methyl sites for hydroxylation is 1. The zero-order valence-corrected chi connectivity index (χ0v) is 9.60. The quantitative estimate of drug-likeness (QED) is 0.554. The molecular formula is C10H17N5O. The Morgan fingerprint density at radius 3 is 3.06 bits per heavy atom. The Hall–Kier alpha value is -1.40. The fourth-order valence-corrected chi connectivity index (χ4v) is 1.80. The van der Waals surface area contributed by atoms with E-state index in [1.54, 1.807) is 0 Å². The van der Waals surface area contributed by atoms with E-state index in [2.05, 4.69) is 27.2 Å². The number of morpholine rings is 1. The summed E-state index contributed by atoms with van der Waals surface area (Å²) in [6.45, 7) is 6.42. The minimum absolute atomic E-state index is 0.235. The van der Waals surface area contributed by atoms with Gasteiger partial charge in [-0.05, 0) is 13.8 Å². The molecule has 6 heteroatoms. The predicted molar refractivity (Wildman–Crippen MR) is 62.2 cm³/mol. The molecule has 1 aliphatic rings. The number of nitrogens with zero attached hydrogens (tertiary/aromatic N) is 3. The first kappa shape index (κ1) is 11.1. The minimum Gasteiger partial charge on any atom is -0.375 e. The summed E-state index contributed by atoms with van der Waals surface area (Å²) in [5.74, 6) is 6.68. The lowest BCUT2D eigenvalue weighted by Gasteiger charge is -2.32. The molecule has 1 aromatic heterocycles. The van der Waals surface area contributed by atoms with Crippen LogP contribution in [0.5, 0.6) is 0 Å². The van der Waals surface area contributed by atoms with E-state index in [9.17, 15) is 0 Å². The summed E-state index contributed by atoms with van der Waals surface area (Å²) in [6.07, 6.45) is 0.235. The van der Waals surface area contributed by atoms with Gasteiger partial charge in [-0.15, -0.1) is 0 Å². The summed E-state index contributed by atoms with van der Waals surface area (Å²) >= 11 is 0. The number of hydrazine groups is 1. The molecule has 1 fully saturated rings. The highest BCUT2D eigenvalue weighted by Crippen LogP contribution is 2.17. The SMILES string of the molecule is Cc1cc(N2CCOC(C)C2)nc(NN)n1. The van der Waals surface area contributed by atoms with E-state index in [1.807, 2.05) is 13.0 Å². The van der Waals surface area contributed by atoms with Gasteiger partial charge >= 0.3 is 0 Å². The van der Waals surface area contributed by atoms with Crippen molar-refractivity contribution in [2.75, 3.05) is 30.0 Å². The highest BCUT2D eigenvalue weighted by Gasteiger charge is 2.18. The Labute approximate surface area is 94.8 Å². The molecule has 1 unspecified atom stereocenters. The average Bonchev–Trinajstić information content (AvgIpc) is 2.28. The van der Waals surface area contributed by atoms with Crippen molar-refractivity contribution in [3.05, 3.63) is 11.8 Å². The molecule has 88 valence electrons. The van der Waals surface area contributed by atoms with Crippen LogP contribution in [-0.2, 0) is 4.74 Å². The molecule has 1 aromatic rings. The van der Waals surface area contributed by atoms with E-state index in [1.165, 1.54) is 0 Å². The van der Waals surface area contributed by atoms with Crippen molar-refractivity contribution in [3.63, 3.8) is 0 Å². The third-order valence-electron chi connectivity index (χ3n) is 2.53. The smallest absolute Gasteiger partial charge is 0.239 e. The van der Waals surface area contributed by atoms with Crippen molar-refractivity contribution in [3.8, 4) is 0 Å². The van der Waals surface area contributed by atoms with E-state index >= 15 is 0 Å². The van der Waals surface area contributed by atoms with Gasteiger partial charge in [-0.1, -0.05) is 0 Å². The van der Waals surface area contributed by atoms with E-state index < -0.39 is 0 Å². The van der Waals surface area contributed by atoms with Crippen LogP contribution in [-0.4, -0.2) is 35.8 Å². The Kier molecular flexibility index (Phi) is 3.21. The van der Waals surface area contributed by atoms with Crippen molar-refractivity contribution in [2.24, 2.45) is 5.84 Å². The lowest BCUT2D eigenvalue weighted by atomic mass is 10.3. The maximum atomic E-state index is 5.49. The van der Waals surface area contributed by atoms with Gasteiger partial charge < -0.3 is 9.64 Å². The third-order valence-corrected chi connectivity index (χ3v) is 2.53. The van der Waals surface area contributed by atoms with Crippen molar-refractivity contribution in [1.82, 2.24) is 9.97 Å². The summed E-state index contributed by atoms with van der Waals surface area (Å²) in [6, 6.07) is 1.96. The van der Waals surface area contributed by atoms with Gasteiger partial charge in [-0.2, -0.15) is 4.98 Å². The molecule has 1 saturated heterocycles. The van der Waals surface area contributed by atoms with Crippen LogP contribution >= 0.6 is 0 Å². The van der Waals surface area contributed by atoms with Gasteiger partial charge in [-0.25, -0.2) is 10.8 Å². The summed E-state index contributed by atoms with van der Waals surface area (Å²) in [5.41, 5.74) is 3.38. The molecule has 0 saturated carbocycles. The Bertz CT molecular complexity index is 370. The zero-order chi connectivity index (χ0) is 11.5. The molecule has 0 bridgehead atoms. The summed E-state index contributed by atoms with van der Waals surface area (Å²) < 4.78 is 5.49. The fourth-order valence-electron chi connectivity index (χ4n) is 1.80. The van der Waals surface area contributed by atoms with Crippen LogP contribution in [0, 0.1) is 6.92 Å². The first-order valence-corrected chi connectivity index (χ1v) is 5.38. The Balaban J connectivity index is 2.21. The van der Waals surface area contributed by atoms with Gasteiger partial charge in [-0.3, -0.25) is 5.43 Å². The molecule has 1 aliphatic heterocycles. The van der Waals surface area contributed by atoms with Crippen LogP contribution in [0.4, 0.5) is 11.8 Å². The van der Waals surface area contributed by atoms with Gasteiger partial charge in [0.1, 0.15) is 5.82 Å². The molecule has 0 radical (unpaired) electrons. The highest BCUT2D eigenvalue weighted by atomic mass is 16.5. The zero-order valence-electron chi connectivity index (χ0n) is 9.60. The number of aromatic nitrogens is 2. The summed E-state index contributed by atoms with van der Waals surface area (Å²) in [4.78, 5) is 10.7. The molecule has 2 heterocycles. The van der Waals surface area contributed by atoms with Crippen LogP contribution < -0.4 is 16.2 Å². The van der Waals surface area contributed by atoms with Crippen LogP contribution in [0.3, 0.4) is 0 Å². The number of ether oxygens (including phenoxy) is 1. The van der Waals surface area contributed by atoms with E-state index in [0.717, 1.165) is 31.2 Å². The topological polar surface area (TPSA) is 76.3 Å². The molecule has 3 N–H and O–H groups in total. The average molecular weight is 223 g/mol. The third kappa shape index (κ3) is 2.40. The second-order valence-electron chi connectivity index (χ2n) is 3.96. The molecule has 16 heavy (non-hydrogen) atoms. The standard InChI is InChI=1S/C10H17N5O/c1-7-5-9(13-10(12-7)14-11)15-3-4-16-8(2)6-15/h5,8H,3-4,6,11H2,1-2H3,(H,12,13,14). The number of nitrogen functional groups attached to an aromatic ring is 1. The molecule has 0 amide bonds. The molecule has 0 aliphatic carbocycles. The van der Waals surface area contributed by atoms with Gasteiger partial charge in [0.05, 0.1) is 12.7 Å². The second-order valence-corrected chi connectivity index (χ2v) is 3.96. The predicted octanol–water partition coefficient (Wildman–Crippen LogP) is 0.296. The normalized spacial score (nSPS) is 20.9. The molecule has 2 rings (SSSR count). The highest BCUT2D eigenvalue weighted by molar-refractivity contribution is 5.44. The number of rotatable bonds is 2. The van der Waals surface area contributed by atoms with Gasteiger partial charge in [0.15, 0.2) is 0 Å². The maximum Gasteiger partial charge on any atom is 0.239 e. The Morgan fingerprint density at radius 2 is 2.38 bits per heavy atom. The van der Waals surface area contributed by atoms with E-state index in [4.69, 9.17) is 10.6 Å². The monoisotopic (exact) mass is 223 g/mol. The van der Waals surface area contributed by atoms with Crippen LogP contribution in [0.2, 0.25) is 0 Å². The number of hydrogen-bond donors (Lipinski definition) is 2. The van der Waals surface area contributed by atoms with E-state index in [-0.39, 0.29) is 6.10 Å². The minimum atomic E-state index is 0.235. The Morgan fingerprint density at radius 1 is 1.56 bits per heavy atom. The van der Waals surface area contributed by atoms with Crippen molar-refractivity contribution < 1.29 is 4.74 Å². The van der Waals surface area contributed by atoms with Crippen LogP contribution in [0.1, 0.15) is 12.6 Å². The van der Waals surface area contributed by atoms with Crippen LogP contribution in [0.15, 0.2) is 6.07 Å². The fraction of sp³-hybridized carbons (Fsp3) is 0.600. The number of nitrogens with two attached hydrogens (primary N) is 1. The van der Waals surface area contributed by atoms with Gasteiger partial charge in [0.2, 0.25) is 5.95 Å². The molecule has 0 aromatic carbocycles. The molecular weight excluding hydrogens is 206 g/mol. The van der Waals surface area contributed by atoms with Crippen molar-refractivity contribution in [1.29, 1.82) is 0 Å². The van der Waals surface area contributed by atoms with Crippen LogP contribution in [0.25, 0.3) is 0 Å². The second kappa shape index (κ2) is 4.63. The van der Waals surface area contributed by atoms with Crippen molar-refractivity contribution in [2.45, 2.75) is 20.0 Å². The first-order valence-electron chi connectivity index (χ1n) is 5.38. The number of anilines is 2. The summed E-state index contributed by atoms with van der Waals surface area (Å²) in [5, 5.41) is 0. The van der Waals surface area contributed by atoms with Crippen molar-refractivity contribution >= 4 is 11.8 Å². The van der Waals surface area contributed by atoms with Gasteiger partial charge in [0, 0.05) is 24.8 Å². The largest absolute Gasteiger partial charge is 0.375 e. The van der Waals surface area contributed by atoms with E-state index in [0.29, 0.717) is 5.95 Å². The summed E-state index contributed by atoms with van der Waals surface area (Å²) in [7, 11) is 0. The number of nitrogens with one attached hydrogen (secondary N) is 1. The lowest BCUT2D eigenvalue weighted by Crippen LogP contribution is -2.41. The first-order chi connectivity index (χ1) is 7.69. The van der Waals surface area contributed by atoms with Gasteiger partial charge in [0.25, 0.3) is 0 Å². The molecule has 1 atom stereocenters. The maximum absolute atomic E-state index is 5.49. The molecule has 0 spiro atoms. The number of hydrogen-bond acceptors (Lipinski definition) is 6. The lowest BCUT2D eigenvalue weighted by molar-refractivity contribution is 0.0529.